The molecule has 1 unspecified atom stereocenters. The van der Waals surface area contributed by atoms with Gasteiger partial charge in [0.25, 0.3) is 0 Å². The Labute approximate surface area is 56.5 Å². The van der Waals surface area contributed by atoms with Crippen molar-refractivity contribution in [2.75, 3.05) is 6.61 Å². The highest BCUT2D eigenvalue weighted by Crippen LogP contribution is 2.13. The summed E-state index contributed by atoms with van der Waals surface area (Å²) in [5.41, 5.74) is 0. The van der Waals surface area contributed by atoms with Crippen LogP contribution in [0.2, 0.25) is 0 Å². The Morgan fingerprint density at radius 2 is 1.67 bits per heavy atom. The van der Waals surface area contributed by atoms with Crippen molar-refractivity contribution in [2.45, 2.75) is 26.9 Å². The molecule has 0 aliphatic heterocycles. The highest BCUT2D eigenvalue weighted by molar-refractivity contribution is 4.66. The zero-order valence-electron chi connectivity index (χ0n) is 6.33. The number of aliphatic hydroxyl groups excluding tert-OH is 2. The minimum atomic E-state index is -0.394. The summed E-state index contributed by atoms with van der Waals surface area (Å²) in [5.74, 6) is 0.389. The lowest BCUT2D eigenvalue weighted by atomic mass is 9.92. The van der Waals surface area contributed by atoms with E-state index in [1.807, 2.05) is 13.8 Å². The van der Waals surface area contributed by atoms with Crippen molar-refractivity contribution in [2.24, 2.45) is 11.8 Å². The second-order valence-electron chi connectivity index (χ2n) is 2.83. The van der Waals surface area contributed by atoms with E-state index in [0.717, 1.165) is 0 Å². The van der Waals surface area contributed by atoms with Crippen LogP contribution in [0.4, 0.5) is 0 Å². The van der Waals surface area contributed by atoms with Crippen molar-refractivity contribution < 1.29 is 10.2 Å². The summed E-state index contributed by atoms with van der Waals surface area (Å²) in [6.45, 7) is 5.78. The summed E-state index contributed by atoms with van der Waals surface area (Å²) >= 11 is 0. The van der Waals surface area contributed by atoms with Crippen LogP contribution >= 0.6 is 0 Å². The molecule has 0 rings (SSSR count). The van der Waals surface area contributed by atoms with E-state index in [9.17, 15) is 0 Å². The fourth-order valence-electron chi connectivity index (χ4n) is 0.920. The lowest BCUT2D eigenvalue weighted by Gasteiger charge is -2.20. The molecule has 0 aliphatic rings. The maximum atomic E-state index is 9.02. The van der Waals surface area contributed by atoms with Gasteiger partial charge in [-0.3, -0.25) is 0 Å². The molecule has 0 radical (unpaired) electrons. The van der Waals surface area contributed by atoms with Gasteiger partial charge in [-0.05, 0) is 12.8 Å². The van der Waals surface area contributed by atoms with Gasteiger partial charge >= 0.3 is 0 Å². The monoisotopic (exact) mass is 132 g/mol. The van der Waals surface area contributed by atoms with Gasteiger partial charge in [0.2, 0.25) is 0 Å². The lowest BCUT2D eigenvalue weighted by Crippen LogP contribution is -2.25. The summed E-state index contributed by atoms with van der Waals surface area (Å²) in [4.78, 5) is 0. The third-order valence-corrected chi connectivity index (χ3v) is 1.69. The fraction of sp³-hybridized carbons (Fsp3) is 1.00. The van der Waals surface area contributed by atoms with Crippen molar-refractivity contribution >= 4 is 0 Å². The van der Waals surface area contributed by atoms with Gasteiger partial charge in [-0.25, -0.2) is 0 Å². The summed E-state index contributed by atoms with van der Waals surface area (Å²) in [5, 5.41) is 17.7. The van der Waals surface area contributed by atoms with Gasteiger partial charge < -0.3 is 10.2 Å². The minimum absolute atomic E-state index is 0.0324. The van der Waals surface area contributed by atoms with E-state index in [1.54, 1.807) is 6.92 Å². The second kappa shape index (κ2) is 3.85. The van der Waals surface area contributed by atoms with Crippen molar-refractivity contribution in [3.05, 3.63) is 0 Å². The largest absolute Gasteiger partial charge is 0.396 e. The first-order valence-corrected chi connectivity index (χ1v) is 3.38. The fourth-order valence-corrected chi connectivity index (χ4v) is 0.920. The van der Waals surface area contributed by atoms with Gasteiger partial charge in [-0.1, -0.05) is 13.8 Å². The molecule has 0 saturated carbocycles. The van der Waals surface area contributed by atoms with Gasteiger partial charge in [0, 0.05) is 12.5 Å². The van der Waals surface area contributed by atoms with Crippen LogP contribution < -0.4 is 0 Å². The average molecular weight is 132 g/mol. The molecular formula is C7H16O2. The number of aliphatic hydroxyl groups is 2. The molecule has 0 saturated heterocycles. The van der Waals surface area contributed by atoms with E-state index in [0.29, 0.717) is 5.92 Å². The molecule has 2 N–H and O–H groups in total. The standard InChI is InChI=1S/C7H16O2/c1-5(2)7(4-8)6(3)9/h5-9H,4H2,1-3H3/t6-,7?/m0/s1. The molecule has 0 aromatic carbocycles. The van der Waals surface area contributed by atoms with E-state index in [2.05, 4.69) is 0 Å². The lowest BCUT2D eigenvalue weighted by molar-refractivity contribution is 0.0542. The van der Waals surface area contributed by atoms with E-state index in [1.165, 1.54) is 0 Å². The molecule has 0 spiro atoms. The van der Waals surface area contributed by atoms with Gasteiger partial charge in [-0.15, -0.1) is 0 Å². The number of hydrogen-bond donors (Lipinski definition) is 2. The molecular weight excluding hydrogens is 116 g/mol. The molecule has 0 aromatic rings. The first-order chi connectivity index (χ1) is 4.09. The zero-order chi connectivity index (χ0) is 7.44. The van der Waals surface area contributed by atoms with Gasteiger partial charge in [0.1, 0.15) is 0 Å². The van der Waals surface area contributed by atoms with Crippen LogP contribution in [-0.4, -0.2) is 22.9 Å². The van der Waals surface area contributed by atoms with E-state index >= 15 is 0 Å². The molecule has 0 fully saturated rings. The molecule has 0 bridgehead atoms. The normalized spacial score (nSPS) is 18.0. The first kappa shape index (κ1) is 8.92. The SMILES string of the molecule is CC(C)C(CO)[C@H](C)O. The van der Waals surface area contributed by atoms with Crippen LogP contribution in [0.25, 0.3) is 0 Å². The highest BCUT2D eigenvalue weighted by atomic mass is 16.3. The summed E-state index contributed by atoms with van der Waals surface area (Å²) < 4.78 is 0. The smallest absolute Gasteiger partial charge is 0.0564 e. The highest BCUT2D eigenvalue weighted by Gasteiger charge is 2.16. The van der Waals surface area contributed by atoms with Crippen molar-refractivity contribution in [3.63, 3.8) is 0 Å². The van der Waals surface area contributed by atoms with Gasteiger partial charge in [0.05, 0.1) is 6.10 Å². The van der Waals surface area contributed by atoms with Crippen molar-refractivity contribution in [1.29, 1.82) is 0 Å². The Morgan fingerprint density at radius 3 is 1.67 bits per heavy atom. The molecule has 0 heterocycles. The maximum absolute atomic E-state index is 9.02. The Hall–Kier alpha value is -0.0800. The summed E-state index contributed by atoms with van der Waals surface area (Å²) in [6.07, 6.45) is -0.394. The van der Waals surface area contributed by atoms with Crippen LogP contribution in [0, 0.1) is 11.8 Å². The molecule has 56 valence electrons. The zero-order valence-corrected chi connectivity index (χ0v) is 6.33. The molecule has 0 aromatic heterocycles. The van der Waals surface area contributed by atoms with E-state index in [4.69, 9.17) is 10.2 Å². The van der Waals surface area contributed by atoms with Crippen molar-refractivity contribution in [1.82, 2.24) is 0 Å². The Balaban J connectivity index is 3.68. The van der Waals surface area contributed by atoms with E-state index < -0.39 is 6.10 Å². The Bertz CT molecular complexity index is 61.3. The third kappa shape index (κ3) is 2.82. The quantitative estimate of drug-likeness (QED) is 0.591. The molecule has 2 nitrogen and oxygen atoms in total. The first-order valence-electron chi connectivity index (χ1n) is 3.38. The van der Waals surface area contributed by atoms with Crippen LogP contribution in [0.5, 0.6) is 0 Å². The van der Waals surface area contributed by atoms with Crippen LogP contribution in [-0.2, 0) is 0 Å². The Morgan fingerprint density at radius 1 is 1.22 bits per heavy atom. The second-order valence-corrected chi connectivity index (χ2v) is 2.83. The summed E-state index contributed by atoms with van der Waals surface area (Å²) in [7, 11) is 0. The van der Waals surface area contributed by atoms with Gasteiger partial charge in [0.15, 0.2) is 0 Å². The predicted octanol–water partition coefficient (Wildman–Crippen LogP) is 0.632. The van der Waals surface area contributed by atoms with Crippen LogP contribution in [0.3, 0.4) is 0 Å². The molecule has 0 aliphatic carbocycles. The summed E-state index contributed by atoms with van der Waals surface area (Å²) in [6, 6.07) is 0. The van der Waals surface area contributed by atoms with Gasteiger partial charge in [-0.2, -0.15) is 0 Å². The van der Waals surface area contributed by atoms with Crippen molar-refractivity contribution in [3.8, 4) is 0 Å². The Kier molecular flexibility index (Phi) is 3.82. The molecule has 2 heteroatoms. The maximum Gasteiger partial charge on any atom is 0.0564 e. The molecule has 9 heavy (non-hydrogen) atoms. The minimum Gasteiger partial charge on any atom is -0.396 e. The van der Waals surface area contributed by atoms with E-state index in [-0.39, 0.29) is 12.5 Å². The van der Waals surface area contributed by atoms with Crippen LogP contribution in [0.15, 0.2) is 0 Å². The predicted molar refractivity (Wildman–Crippen MR) is 37.1 cm³/mol. The molecule has 0 amide bonds. The average Bonchev–Trinajstić information content (AvgIpc) is 1.64. The molecule has 2 atom stereocenters. The topological polar surface area (TPSA) is 40.5 Å². The number of hydrogen-bond acceptors (Lipinski definition) is 2. The van der Waals surface area contributed by atoms with Crippen LogP contribution in [0.1, 0.15) is 20.8 Å². The number of rotatable bonds is 3. The third-order valence-electron chi connectivity index (χ3n) is 1.69.